The molecule has 3 N–H and O–H groups in total. The number of aromatic nitrogens is 1. The van der Waals surface area contributed by atoms with E-state index < -0.39 is 0 Å². The van der Waals surface area contributed by atoms with Crippen LogP contribution in [0.2, 0.25) is 0 Å². The second-order valence-electron chi connectivity index (χ2n) is 4.93. The standard InChI is InChI=1S/C13H20N4O/c1-17-7-3-4-10(9-17)8-15-13(18)11-5-2-6-12(14)16-11/h2,5-6,10H,3-4,7-9H2,1H3,(H2,14,16)(H,15,18). The molecule has 0 saturated carbocycles. The van der Waals surface area contributed by atoms with Crippen molar-refractivity contribution in [3.63, 3.8) is 0 Å². The van der Waals surface area contributed by atoms with Gasteiger partial charge in [-0.2, -0.15) is 0 Å². The van der Waals surface area contributed by atoms with E-state index in [1.807, 2.05) is 0 Å². The van der Waals surface area contributed by atoms with Gasteiger partial charge in [-0.15, -0.1) is 0 Å². The third-order valence-corrected chi connectivity index (χ3v) is 3.28. The molecule has 1 amide bonds. The summed E-state index contributed by atoms with van der Waals surface area (Å²) < 4.78 is 0. The van der Waals surface area contributed by atoms with Gasteiger partial charge in [0, 0.05) is 13.1 Å². The van der Waals surface area contributed by atoms with Crippen molar-refractivity contribution in [1.29, 1.82) is 0 Å². The molecule has 0 aromatic carbocycles. The summed E-state index contributed by atoms with van der Waals surface area (Å²) in [6.45, 7) is 2.91. The van der Waals surface area contributed by atoms with Crippen molar-refractivity contribution in [2.45, 2.75) is 12.8 Å². The number of rotatable bonds is 3. The zero-order chi connectivity index (χ0) is 13.0. The molecule has 0 bridgehead atoms. The molecular weight excluding hydrogens is 228 g/mol. The predicted molar refractivity (Wildman–Crippen MR) is 71.2 cm³/mol. The van der Waals surface area contributed by atoms with E-state index in [9.17, 15) is 4.79 Å². The Hall–Kier alpha value is -1.62. The molecule has 98 valence electrons. The van der Waals surface area contributed by atoms with E-state index >= 15 is 0 Å². The molecule has 1 aromatic rings. The quantitative estimate of drug-likeness (QED) is 0.827. The van der Waals surface area contributed by atoms with Crippen LogP contribution in [0.4, 0.5) is 5.82 Å². The number of nitrogens with one attached hydrogen (secondary N) is 1. The second-order valence-corrected chi connectivity index (χ2v) is 4.93. The lowest BCUT2D eigenvalue weighted by Gasteiger charge is -2.29. The summed E-state index contributed by atoms with van der Waals surface area (Å²) in [5.74, 6) is 0.768. The maximum atomic E-state index is 11.9. The number of piperidine rings is 1. The van der Waals surface area contributed by atoms with E-state index in [4.69, 9.17) is 5.73 Å². The summed E-state index contributed by atoms with van der Waals surface area (Å²) in [7, 11) is 2.12. The number of anilines is 1. The Labute approximate surface area is 107 Å². The maximum absolute atomic E-state index is 11.9. The third-order valence-electron chi connectivity index (χ3n) is 3.28. The number of nitrogens with zero attached hydrogens (tertiary/aromatic N) is 2. The Bertz CT molecular complexity index is 421. The van der Waals surface area contributed by atoms with Gasteiger partial charge in [-0.1, -0.05) is 6.07 Å². The number of pyridine rings is 1. The average molecular weight is 248 g/mol. The highest BCUT2D eigenvalue weighted by Crippen LogP contribution is 2.14. The first-order valence-corrected chi connectivity index (χ1v) is 6.34. The van der Waals surface area contributed by atoms with Gasteiger partial charge in [0.2, 0.25) is 0 Å². The van der Waals surface area contributed by atoms with Crippen LogP contribution in [0, 0.1) is 5.92 Å². The molecule has 1 aromatic heterocycles. The van der Waals surface area contributed by atoms with E-state index in [0.717, 1.165) is 13.1 Å². The topological polar surface area (TPSA) is 71.2 Å². The molecule has 1 unspecified atom stereocenters. The van der Waals surface area contributed by atoms with E-state index in [1.165, 1.54) is 12.8 Å². The highest BCUT2D eigenvalue weighted by molar-refractivity contribution is 5.92. The van der Waals surface area contributed by atoms with Crippen molar-refractivity contribution in [1.82, 2.24) is 15.2 Å². The number of hydrogen-bond donors (Lipinski definition) is 2. The van der Waals surface area contributed by atoms with Crippen LogP contribution < -0.4 is 11.1 Å². The zero-order valence-electron chi connectivity index (χ0n) is 10.7. The number of carbonyl (C=O) groups is 1. The van der Waals surface area contributed by atoms with E-state index in [-0.39, 0.29) is 5.91 Å². The van der Waals surface area contributed by atoms with Gasteiger partial charge in [0.25, 0.3) is 5.91 Å². The number of nitrogen functional groups attached to an aromatic ring is 1. The molecule has 1 aliphatic rings. The molecular formula is C13H20N4O. The second kappa shape index (κ2) is 5.82. The fraction of sp³-hybridized carbons (Fsp3) is 0.538. The van der Waals surface area contributed by atoms with Crippen molar-refractivity contribution in [3.8, 4) is 0 Å². The fourth-order valence-corrected chi connectivity index (χ4v) is 2.35. The Balaban J connectivity index is 1.84. The van der Waals surface area contributed by atoms with Gasteiger partial charge in [0.15, 0.2) is 0 Å². The van der Waals surface area contributed by atoms with Gasteiger partial charge >= 0.3 is 0 Å². The number of nitrogens with two attached hydrogens (primary N) is 1. The van der Waals surface area contributed by atoms with Gasteiger partial charge in [-0.25, -0.2) is 4.98 Å². The van der Waals surface area contributed by atoms with E-state index in [1.54, 1.807) is 18.2 Å². The van der Waals surface area contributed by atoms with Crippen LogP contribution in [0.3, 0.4) is 0 Å². The lowest BCUT2D eigenvalue weighted by Crippen LogP contribution is -2.39. The highest BCUT2D eigenvalue weighted by Gasteiger charge is 2.18. The molecule has 1 aliphatic heterocycles. The Morgan fingerprint density at radius 3 is 3.17 bits per heavy atom. The first-order valence-electron chi connectivity index (χ1n) is 6.34. The molecule has 5 nitrogen and oxygen atoms in total. The summed E-state index contributed by atoms with van der Waals surface area (Å²) in [4.78, 5) is 18.2. The van der Waals surface area contributed by atoms with E-state index in [2.05, 4.69) is 22.2 Å². The molecule has 2 heterocycles. The van der Waals surface area contributed by atoms with E-state index in [0.29, 0.717) is 24.0 Å². The first kappa shape index (κ1) is 12.8. The molecule has 18 heavy (non-hydrogen) atoms. The van der Waals surface area contributed by atoms with Crippen LogP contribution in [0.5, 0.6) is 0 Å². The zero-order valence-corrected chi connectivity index (χ0v) is 10.7. The molecule has 0 aliphatic carbocycles. The van der Waals surface area contributed by atoms with Crippen LogP contribution in [-0.4, -0.2) is 42.5 Å². The minimum atomic E-state index is -0.143. The number of hydrogen-bond acceptors (Lipinski definition) is 4. The van der Waals surface area contributed by atoms with Gasteiger partial charge < -0.3 is 16.0 Å². The normalized spacial score (nSPS) is 20.6. The number of likely N-dealkylation sites (tertiary alicyclic amines) is 1. The molecule has 0 radical (unpaired) electrons. The number of carbonyl (C=O) groups excluding carboxylic acids is 1. The fourth-order valence-electron chi connectivity index (χ4n) is 2.35. The largest absolute Gasteiger partial charge is 0.384 e. The molecule has 1 atom stereocenters. The molecule has 5 heteroatoms. The van der Waals surface area contributed by atoms with Crippen molar-refractivity contribution < 1.29 is 4.79 Å². The minimum absolute atomic E-state index is 0.143. The molecule has 1 fully saturated rings. The summed E-state index contributed by atoms with van der Waals surface area (Å²) in [6, 6.07) is 5.09. The lowest BCUT2D eigenvalue weighted by molar-refractivity contribution is 0.0932. The van der Waals surface area contributed by atoms with Crippen LogP contribution in [0.15, 0.2) is 18.2 Å². The summed E-state index contributed by atoms with van der Waals surface area (Å²) >= 11 is 0. The van der Waals surface area contributed by atoms with Crippen LogP contribution >= 0.6 is 0 Å². The van der Waals surface area contributed by atoms with Crippen LogP contribution in [-0.2, 0) is 0 Å². The predicted octanol–water partition coefficient (Wildman–Crippen LogP) is 0.735. The van der Waals surface area contributed by atoms with Gasteiger partial charge in [0.1, 0.15) is 11.5 Å². The average Bonchev–Trinajstić information content (AvgIpc) is 2.36. The number of amides is 1. The smallest absolute Gasteiger partial charge is 0.269 e. The SMILES string of the molecule is CN1CCCC(CNC(=O)c2cccc(N)n2)C1. The van der Waals surface area contributed by atoms with Crippen molar-refractivity contribution in [2.75, 3.05) is 32.4 Å². The summed E-state index contributed by atoms with van der Waals surface area (Å²) in [5, 5.41) is 2.93. The van der Waals surface area contributed by atoms with Gasteiger partial charge in [-0.05, 0) is 44.5 Å². The van der Waals surface area contributed by atoms with Crippen LogP contribution in [0.25, 0.3) is 0 Å². The Kier molecular flexibility index (Phi) is 4.15. The summed E-state index contributed by atoms with van der Waals surface area (Å²) in [6.07, 6.45) is 2.38. The third kappa shape index (κ3) is 3.43. The lowest BCUT2D eigenvalue weighted by atomic mass is 9.98. The monoisotopic (exact) mass is 248 g/mol. The van der Waals surface area contributed by atoms with Crippen molar-refractivity contribution in [2.24, 2.45) is 5.92 Å². The highest BCUT2D eigenvalue weighted by atomic mass is 16.1. The molecule has 1 saturated heterocycles. The minimum Gasteiger partial charge on any atom is -0.384 e. The molecule has 0 spiro atoms. The summed E-state index contributed by atoms with van der Waals surface area (Å²) in [5.41, 5.74) is 5.94. The van der Waals surface area contributed by atoms with Crippen molar-refractivity contribution >= 4 is 11.7 Å². The molecule has 2 rings (SSSR count). The Morgan fingerprint density at radius 1 is 1.61 bits per heavy atom. The first-order chi connectivity index (χ1) is 8.65. The van der Waals surface area contributed by atoms with Crippen molar-refractivity contribution in [3.05, 3.63) is 23.9 Å². The van der Waals surface area contributed by atoms with Crippen LogP contribution in [0.1, 0.15) is 23.3 Å². The van der Waals surface area contributed by atoms with Gasteiger partial charge in [0.05, 0.1) is 0 Å². The van der Waals surface area contributed by atoms with Gasteiger partial charge in [-0.3, -0.25) is 4.79 Å². The Morgan fingerprint density at radius 2 is 2.44 bits per heavy atom. The maximum Gasteiger partial charge on any atom is 0.269 e.